The van der Waals surface area contributed by atoms with Gasteiger partial charge < -0.3 is 9.47 Å². The fourth-order valence-electron chi connectivity index (χ4n) is 3.12. The maximum absolute atomic E-state index is 12.5. The molecule has 1 saturated carbocycles. The Bertz CT molecular complexity index is 250. The average Bonchev–Trinajstić information content (AvgIpc) is 2.40. The highest BCUT2D eigenvalue weighted by Gasteiger charge is 2.39. The van der Waals surface area contributed by atoms with Gasteiger partial charge >= 0.3 is 0 Å². The highest BCUT2D eigenvalue weighted by molar-refractivity contribution is 5.87. The predicted molar refractivity (Wildman–Crippen MR) is 66.0 cm³/mol. The van der Waals surface area contributed by atoms with Crippen LogP contribution in [0.3, 0.4) is 0 Å². The van der Waals surface area contributed by atoms with Crippen LogP contribution < -0.4 is 0 Å². The van der Waals surface area contributed by atoms with E-state index in [2.05, 4.69) is 0 Å². The Labute approximate surface area is 104 Å². The quantitative estimate of drug-likeness (QED) is 0.758. The zero-order valence-electron chi connectivity index (χ0n) is 10.9. The van der Waals surface area contributed by atoms with Crippen molar-refractivity contribution >= 4 is 5.78 Å². The lowest BCUT2D eigenvalue weighted by atomic mass is 9.78. The number of ketones is 1. The Morgan fingerprint density at radius 2 is 1.88 bits per heavy atom. The summed E-state index contributed by atoms with van der Waals surface area (Å²) in [4.78, 5) is 12.5. The number of carbonyl (C=O) groups is 1. The zero-order valence-corrected chi connectivity index (χ0v) is 10.9. The molecule has 0 amide bonds. The number of rotatable bonds is 4. The van der Waals surface area contributed by atoms with Crippen molar-refractivity contribution in [2.75, 3.05) is 20.3 Å². The molecule has 0 atom stereocenters. The van der Waals surface area contributed by atoms with E-state index in [-0.39, 0.29) is 0 Å². The van der Waals surface area contributed by atoms with Gasteiger partial charge in [-0.2, -0.15) is 0 Å². The van der Waals surface area contributed by atoms with Crippen LogP contribution in [-0.2, 0) is 14.3 Å². The molecule has 2 rings (SSSR count). The minimum atomic E-state index is -0.448. The van der Waals surface area contributed by atoms with E-state index in [4.69, 9.17) is 9.47 Å². The summed E-state index contributed by atoms with van der Waals surface area (Å²) in [6.45, 7) is 1.63. The minimum Gasteiger partial charge on any atom is -0.381 e. The van der Waals surface area contributed by atoms with Crippen LogP contribution in [0.25, 0.3) is 0 Å². The maximum atomic E-state index is 12.5. The van der Waals surface area contributed by atoms with Gasteiger partial charge in [-0.25, -0.2) is 0 Å². The van der Waals surface area contributed by atoms with Gasteiger partial charge in [-0.05, 0) is 31.6 Å². The Morgan fingerprint density at radius 1 is 1.24 bits per heavy atom. The summed E-state index contributed by atoms with van der Waals surface area (Å²) in [5.74, 6) is 0.858. The molecule has 2 aliphatic rings. The van der Waals surface area contributed by atoms with Gasteiger partial charge in [0.25, 0.3) is 0 Å². The molecule has 0 aromatic rings. The standard InChI is InChI=1S/C14H24O3/c1-16-14(7-3-2-4-8-14)13(15)11-12-5-9-17-10-6-12/h12H,2-11H2,1H3. The Morgan fingerprint density at radius 3 is 2.47 bits per heavy atom. The van der Waals surface area contributed by atoms with Gasteiger partial charge in [0.1, 0.15) is 5.60 Å². The molecule has 1 aliphatic heterocycles. The van der Waals surface area contributed by atoms with Gasteiger partial charge in [0.05, 0.1) is 0 Å². The number of ether oxygens (including phenoxy) is 2. The molecular formula is C14H24O3. The third-order valence-corrected chi connectivity index (χ3v) is 4.38. The van der Waals surface area contributed by atoms with Crippen LogP contribution in [0, 0.1) is 5.92 Å². The van der Waals surface area contributed by atoms with Crippen LogP contribution in [0.4, 0.5) is 0 Å². The summed E-state index contributed by atoms with van der Waals surface area (Å²) >= 11 is 0. The SMILES string of the molecule is COC1(C(=O)CC2CCOCC2)CCCCC1. The van der Waals surface area contributed by atoms with Crippen molar-refractivity contribution in [2.45, 2.75) is 57.0 Å². The van der Waals surface area contributed by atoms with E-state index in [1.807, 2.05) is 0 Å². The van der Waals surface area contributed by atoms with Gasteiger partial charge in [0.2, 0.25) is 0 Å². The van der Waals surface area contributed by atoms with Crippen LogP contribution in [-0.4, -0.2) is 31.7 Å². The second kappa shape index (κ2) is 5.96. The Balaban J connectivity index is 1.91. The molecule has 2 fully saturated rings. The lowest BCUT2D eigenvalue weighted by Crippen LogP contribution is -2.43. The third kappa shape index (κ3) is 3.08. The van der Waals surface area contributed by atoms with E-state index in [1.165, 1.54) is 6.42 Å². The highest BCUT2D eigenvalue weighted by Crippen LogP contribution is 2.34. The van der Waals surface area contributed by atoms with Gasteiger partial charge in [-0.3, -0.25) is 4.79 Å². The van der Waals surface area contributed by atoms with Crippen molar-refractivity contribution in [3.63, 3.8) is 0 Å². The lowest BCUT2D eigenvalue weighted by Gasteiger charge is -2.36. The van der Waals surface area contributed by atoms with E-state index in [1.54, 1.807) is 7.11 Å². The normalized spacial score (nSPS) is 25.7. The molecule has 0 unspecified atom stereocenters. The largest absolute Gasteiger partial charge is 0.381 e. The van der Waals surface area contributed by atoms with E-state index < -0.39 is 5.60 Å². The first-order chi connectivity index (χ1) is 8.27. The van der Waals surface area contributed by atoms with Crippen LogP contribution in [0.15, 0.2) is 0 Å². The van der Waals surface area contributed by atoms with Crippen molar-refractivity contribution in [1.82, 2.24) is 0 Å². The lowest BCUT2D eigenvalue weighted by molar-refractivity contribution is -0.146. The minimum absolute atomic E-state index is 0.339. The zero-order chi connectivity index (χ0) is 12.1. The first-order valence-electron chi connectivity index (χ1n) is 6.93. The number of Topliss-reactive ketones (excluding diaryl/α,β-unsaturated/α-hetero) is 1. The van der Waals surface area contributed by atoms with E-state index in [0.717, 1.165) is 51.7 Å². The first-order valence-corrected chi connectivity index (χ1v) is 6.93. The van der Waals surface area contributed by atoms with Crippen molar-refractivity contribution < 1.29 is 14.3 Å². The number of methoxy groups -OCH3 is 1. The third-order valence-electron chi connectivity index (χ3n) is 4.38. The molecule has 0 bridgehead atoms. The van der Waals surface area contributed by atoms with Crippen molar-refractivity contribution in [3.8, 4) is 0 Å². The van der Waals surface area contributed by atoms with Crippen LogP contribution in [0.1, 0.15) is 51.4 Å². The van der Waals surface area contributed by atoms with E-state index in [9.17, 15) is 4.79 Å². The van der Waals surface area contributed by atoms with Gasteiger partial charge in [0, 0.05) is 26.7 Å². The molecule has 1 saturated heterocycles. The van der Waals surface area contributed by atoms with Gasteiger partial charge in [0.15, 0.2) is 5.78 Å². The van der Waals surface area contributed by atoms with Crippen LogP contribution in [0.5, 0.6) is 0 Å². The molecule has 3 nitrogen and oxygen atoms in total. The Kier molecular flexibility index (Phi) is 4.57. The fraction of sp³-hybridized carbons (Fsp3) is 0.929. The second-order valence-corrected chi connectivity index (χ2v) is 5.44. The number of hydrogen-bond acceptors (Lipinski definition) is 3. The molecule has 98 valence electrons. The second-order valence-electron chi connectivity index (χ2n) is 5.44. The van der Waals surface area contributed by atoms with E-state index in [0.29, 0.717) is 18.1 Å². The fourth-order valence-corrected chi connectivity index (χ4v) is 3.12. The average molecular weight is 240 g/mol. The van der Waals surface area contributed by atoms with Crippen LogP contribution >= 0.6 is 0 Å². The topological polar surface area (TPSA) is 35.5 Å². The van der Waals surface area contributed by atoms with Crippen molar-refractivity contribution in [1.29, 1.82) is 0 Å². The molecule has 0 aromatic heterocycles. The summed E-state index contributed by atoms with van der Waals surface area (Å²) in [5.41, 5.74) is -0.448. The summed E-state index contributed by atoms with van der Waals surface area (Å²) in [6.07, 6.45) is 8.11. The molecule has 1 aliphatic carbocycles. The first kappa shape index (κ1) is 13.0. The maximum Gasteiger partial charge on any atom is 0.164 e. The molecule has 1 heterocycles. The Hall–Kier alpha value is -0.410. The highest BCUT2D eigenvalue weighted by atomic mass is 16.5. The van der Waals surface area contributed by atoms with Crippen molar-refractivity contribution in [2.24, 2.45) is 5.92 Å². The number of carbonyl (C=O) groups excluding carboxylic acids is 1. The van der Waals surface area contributed by atoms with Crippen LogP contribution in [0.2, 0.25) is 0 Å². The smallest absolute Gasteiger partial charge is 0.164 e. The molecule has 0 radical (unpaired) electrons. The predicted octanol–water partition coefficient (Wildman–Crippen LogP) is 2.72. The van der Waals surface area contributed by atoms with E-state index >= 15 is 0 Å². The molecule has 0 spiro atoms. The molecular weight excluding hydrogens is 216 g/mol. The van der Waals surface area contributed by atoms with Gasteiger partial charge in [-0.1, -0.05) is 19.3 Å². The summed E-state index contributed by atoms with van der Waals surface area (Å²) in [7, 11) is 1.70. The molecule has 17 heavy (non-hydrogen) atoms. The monoisotopic (exact) mass is 240 g/mol. The summed E-state index contributed by atoms with van der Waals surface area (Å²) < 4.78 is 10.9. The molecule has 3 heteroatoms. The summed E-state index contributed by atoms with van der Waals surface area (Å²) in [5, 5.41) is 0. The van der Waals surface area contributed by atoms with Crippen molar-refractivity contribution in [3.05, 3.63) is 0 Å². The summed E-state index contributed by atoms with van der Waals surface area (Å²) in [6, 6.07) is 0. The molecule has 0 aromatic carbocycles. The van der Waals surface area contributed by atoms with Gasteiger partial charge in [-0.15, -0.1) is 0 Å². The molecule has 0 N–H and O–H groups in total. The number of hydrogen-bond donors (Lipinski definition) is 0.